The highest BCUT2D eigenvalue weighted by Gasteiger charge is 2.14. The van der Waals surface area contributed by atoms with E-state index in [1.54, 1.807) is 6.08 Å². The molecule has 96 valence electrons. The van der Waals surface area contributed by atoms with Gasteiger partial charge in [-0.1, -0.05) is 61.2 Å². The van der Waals surface area contributed by atoms with E-state index in [4.69, 9.17) is 0 Å². The van der Waals surface area contributed by atoms with Crippen molar-refractivity contribution in [2.24, 2.45) is 0 Å². The topological polar surface area (TPSA) is 28.7 Å². The first kappa shape index (κ1) is 13.1. The largest absolute Gasteiger partial charge is 0.282 e. The van der Waals surface area contributed by atoms with Gasteiger partial charge < -0.3 is 0 Å². The molecule has 0 unspecified atom stereocenters. The number of nitrogens with zero attached hydrogens (tertiary/aromatic N) is 1. The Bertz CT molecular complexity index is 616. The number of nitrogens with one attached hydrogen (secondary N) is 1. The van der Waals surface area contributed by atoms with Crippen molar-refractivity contribution in [3.05, 3.63) is 72.5 Å². The van der Waals surface area contributed by atoms with E-state index < -0.39 is 0 Å². The van der Waals surface area contributed by atoms with E-state index in [2.05, 4.69) is 35.0 Å². The lowest BCUT2D eigenvalue weighted by Gasteiger charge is -2.05. The summed E-state index contributed by atoms with van der Waals surface area (Å²) < 4.78 is 0. The fraction of sp³-hybridized carbons (Fsp3) is 0.118. The molecule has 0 atom stereocenters. The van der Waals surface area contributed by atoms with Crippen LogP contribution in [0.3, 0.4) is 0 Å². The lowest BCUT2D eigenvalue weighted by molar-refractivity contribution is 1.05. The number of H-pyrrole nitrogens is 1. The van der Waals surface area contributed by atoms with Crippen molar-refractivity contribution < 1.29 is 0 Å². The molecule has 2 nitrogen and oxygen atoms in total. The van der Waals surface area contributed by atoms with Gasteiger partial charge in [-0.2, -0.15) is 5.10 Å². The van der Waals surface area contributed by atoms with E-state index in [9.17, 15) is 0 Å². The summed E-state index contributed by atoms with van der Waals surface area (Å²) in [5.41, 5.74) is 5.39. The quantitative estimate of drug-likeness (QED) is 0.793. The SMILES string of the molecule is C=C/C=C(\C=C/C)c1c(-c2ccccc2)n[nH]c1C. The second-order valence-electron chi connectivity index (χ2n) is 4.30. The van der Waals surface area contributed by atoms with E-state index in [0.717, 1.165) is 28.1 Å². The van der Waals surface area contributed by atoms with Crippen LogP contribution in [0.15, 0.2) is 61.2 Å². The Kier molecular flexibility index (Phi) is 4.14. The summed E-state index contributed by atoms with van der Waals surface area (Å²) in [6, 6.07) is 10.2. The molecule has 0 aliphatic rings. The van der Waals surface area contributed by atoms with Gasteiger partial charge in [0, 0.05) is 16.8 Å². The van der Waals surface area contributed by atoms with Gasteiger partial charge in [-0.3, -0.25) is 5.10 Å². The smallest absolute Gasteiger partial charge is 0.100 e. The molecular weight excluding hydrogens is 232 g/mol. The monoisotopic (exact) mass is 250 g/mol. The number of hydrogen-bond donors (Lipinski definition) is 1. The van der Waals surface area contributed by atoms with Crippen LogP contribution in [-0.4, -0.2) is 10.2 Å². The summed E-state index contributed by atoms with van der Waals surface area (Å²) in [4.78, 5) is 0. The first-order valence-electron chi connectivity index (χ1n) is 6.34. The Morgan fingerprint density at radius 1 is 1.26 bits per heavy atom. The first-order valence-corrected chi connectivity index (χ1v) is 6.34. The van der Waals surface area contributed by atoms with Crippen LogP contribution >= 0.6 is 0 Å². The van der Waals surface area contributed by atoms with Gasteiger partial charge in [0.25, 0.3) is 0 Å². The van der Waals surface area contributed by atoms with E-state index in [1.807, 2.05) is 44.2 Å². The zero-order valence-corrected chi connectivity index (χ0v) is 11.4. The molecule has 0 fully saturated rings. The van der Waals surface area contributed by atoms with Gasteiger partial charge >= 0.3 is 0 Å². The highest BCUT2D eigenvalue weighted by molar-refractivity contribution is 5.85. The number of allylic oxidation sites excluding steroid dienone is 5. The highest BCUT2D eigenvalue weighted by Crippen LogP contribution is 2.30. The zero-order valence-electron chi connectivity index (χ0n) is 11.4. The number of hydrogen-bond acceptors (Lipinski definition) is 1. The normalized spacial score (nSPS) is 12.0. The zero-order chi connectivity index (χ0) is 13.7. The van der Waals surface area contributed by atoms with E-state index in [-0.39, 0.29) is 0 Å². The van der Waals surface area contributed by atoms with Crippen molar-refractivity contribution in [3.63, 3.8) is 0 Å². The predicted octanol–water partition coefficient (Wildman–Crippen LogP) is 4.53. The molecule has 0 bridgehead atoms. The van der Waals surface area contributed by atoms with Crippen LogP contribution in [-0.2, 0) is 0 Å². The van der Waals surface area contributed by atoms with Crippen LogP contribution < -0.4 is 0 Å². The predicted molar refractivity (Wildman–Crippen MR) is 81.7 cm³/mol. The summed E-state index contributed by atoms with van der Waals surface area (Å²) in [7, 11) is 0. The van der Waals surface area contributed by atoms with Crippen LogP contribution in [0.4, 0.5) is 0 Å². The molecule has 0 aliphatic heterocycles. The maximum absolute atomic E-state index is 4.44. The average Bonchev–Trinajstić information content (AvgIpc) is 2.81. The molecule has 0 aliphatic carbocycles. The van der Waals surface area contributed by atoms with Crippen molar-refractivity contribution in [1.82, 2.24) is 10.2 Å². The number of aromatic amines is 1. The maximum atomic E-state index is 4.44. The number of aryl methyl sites for hydroxylation is 1. The second-order valence-corrected chi connectivity index (χ2v) is 4.30. The van der Waals surface area contributed by atoms with Gasteiger partial charge in [0.2, 0.25) is 0 Å². The van der Waals surface area contributed by atoms with Gasteiger partial charge in [0.05, 0.1) is 0 Å². The van der Waals surface area contributed by atoms with Crippen LogP contribution in [0.2, 0.25) is 0 Å². The van der Waals surface area contributed by atoms with Gasteiger partial charge in [0.1, 0.15) is 5.69 Å². The van der Waals surface area contributed by atoms with Crippen LogP contribution in [0.25, 0.3) is 16.8 Å². The molecule has 1 aromatic heterocycles. The molecule has 0 spiro atoms. The van der Waals surface area contributed by atoms with Crippen molar-refractivity contribution in [2.75, 3.05) is 0 Å². The fourth-order valence-electron chi connectivity index (χ4n) is 2.12. The van der Waals surface area contributed by atoms with Gasteiger partial charge in [0.15, 0.2) is 0 Å². The Hall–Kier alpha value is -2.35. The summed E-state index contributed by atoms with van der Waals surface area (Å²) in [6.07, 6.45) is 7.91. The molecule has 2 rings (SSSR count). The molecule has 2 heteroatoms. The number of benzene rings is 1. The molecule has 0 amide bonds. The Balaban J connectivity index is 2.61. The molecule has 1 heterocycles. The average molecular weight is 250 g/mol. The summed E-state index contributed by atoms with van der Waals surface area (Å²) in [5.74, 6) is 0. The standard InChI is InChI=1S/C17H18N2/c1-4-9-14(10-5-2)16-13(3)18-19-17(16)15-11-7-6-8-12-15/h4-12H,1H2,2-3H3,(H,18,19)/b10-5-,14-9+. The Labute approximate surface area is 114 Å². The Morgan fingerprint density at radius 3 is 2.63 bits per heavy atom. The summed E-state index contributed by atoms with van der Waals surface area (Å²) in [5, 5.41) is 7.51. The molecule has 0 saturated heterocycles. The first-order chi connectivity index (χ1) is 9.27. The van der Waals surface area contributed by atoms with Crippen molar-refractivity contribution >= 4 is 5.57 Å². The highest BCUT2D eigenvalue weighted by atomic mass is 15.1. The third kappa shape index (κ3) is 2.74. The van der Waals surface area contributed by atoms with Crippen molar-refractivity contribution in [3.8, 4) is 11.3 Å². The minimum absolute atomic E-state index is 0.976. The van der Waals surface area contributed by atoms with Gasteiger partial charge in [-0.15, -0.1) is 0 Å². The number of rotatable bonds is 4. The second kappa shape index (κ2) is 6.01. The van der Waals surface area contributed by atoms with E-state index in [0.29, 0.717) is 0 Å². The summed E-state index contributed by atoms with van der Waals surface area (Å²) in [6.45, 7) is 7.83. The molecule has 0 saturated carbocycles. The third-order valence-corrected chi connectivity index (χ3v) is 2.93. The molecular formula is C17H18N2. The maximum Gasteiger partial charge on any atom is 0.100 e. The van der Waals surface area contributed by atoms with Crippen LogP contribution in [0.5, 0.6) is 0 Å². The lowest BCUT2D eigenvalue weighted by Crippen LogP contribution is -1.87. The van der Waals surface area contributed by atoms with Gasteiger partial charge in [-0.25, -0.2) is 0 Å². The van der Waals surface area contributed by atoms with Gasteiger partial charge in [-0.05, 0) is 19.4 Å². The number of aromatic nitrogens is 2. The van der Waals surface area contributed by atoms with Crippen molar-refractivity contribution in [2.45, 2.75) is 13.8 Å². The lowest BCUT2D eigenvalue weighted by atomic mass is 9.98. The molecule has 2 aromatic rings. The Morgan fingerprint density at radius 2 is 2.00 bits per heavy atom. The van der Waals surface area contributed by atoms with Crippen LogP contribution in [0, 0.1) is 6.92 Å². The van der Waals surface area contributed by atoms with Crippen molar-refractivity contribution in [1.29, 1.82) is 0 Å². The molecule has 0 radical (unpaired) electrons. The minimum atomic E-state index is 0.976. The van der Waals surface area contributed by atoms with E-state index >= 15 is 0 Å². The minimum Gasteiger partial charge on any atom is -0.282 e. The summed E-state index contributed by atoms with van der Waals surface area (Å²) >= 11 is 0. The molecule has 1 N–H and O–H groups in total. The van der Waals surface area contributed by atoms with Crippen LogP contribution in [0.1, 0.15) is 18.2 Å². The fourth-order valence-corrected chi connectivity index (χ4v) is 2.12. The third-order valence-electron chi connectivity index (χ3n) is 2.93. The molecule has 19 heavy (non-hydrogen) atoms. The van der Waals surface area contributed by atoms with E-state index in [1.165, 1.54) is 0 Å². The molecule has 1 aromatic carbocycles.